The van der Waals surface area contributed by atoms with Crippen LogP contribution in [0.25, 0.3) is 0 Å². The quantitative estimate of drug-likeness (QED) is 0.735. The van der Waals surface area contributed by atoms with Crippen LogP contribution in [0, 0.1) is 17.8 Å². The summed E-state index contributed by atoms with van der Waals surface area (Å²) in [7, 11) is 1.86. The van der Waals surface area contributed by atoms with Gasteiger partial charge in [-0.25, -0.2) is 0 Å². The first-order valence-corrected chi connectivity index (χ1v) is 5.44. The molecule has 0 aromatic heterocycles. The van der Waals surface area contributed by atoms with Gasteiger partial charge in [0.05, 0.1) is 6.04 Å². The Morgan fingerprint density at radius 1 is 1.57 bits per heavy atom. The summed E-state index contributed by atoms with van der Waals surface area (Å²) in [6, 6.07) is -0.339. The van der Waals surface area contributed by atoms with Gasteiger partial charge in [-0.2, -0.15) is 0 Å². The highest BCUT2D eigenvalue weighted by molar-refractivity contribution is 5.81. The standard InChI is InChI=1S/C11H22N2O/c1-7(2)10(12)11(14)13(4)6-9-5-8(9)3/h7-10H,5-6,12H2,1-4H3. The van der Waals surface area contributed by atoms with Crippen LogP contribution in [0.2, 0.25) is 0 Å². The summed E-state index contributed by atoms with van der Waals surface area (Å²) in [5.74, 6) is 1.81. The summed E-state index contributed by atoms with van der Waals surface area (Å²) in [6.45, 7) is 7.07. The molecular formula is C11H22N2O. The van der Waals surface area contributed by atoms with Gasteiger partial charge in [0, 0.05) is 13.6 Å². The van der Waals surface area contributed by atoms with E-state index in [9.17, 15) is 4.79 Å². The van der Waals surface area contributed by atoms with Gasteiger partial charge in [0.15, 0.2) is 0 Å². The van der Waals surface area contributed by atoms with E-state index in [4.69, 9.17) is 5.73 Å². The van der Waals surface area contributed by atoms with E-state index in [-0.39, 0.29) is 17.9 Å². The van der Waals surface area contributed by atoms with Crippen LogP contribution in [0.5, 0.6) is 0 Å². The first-order chi connectivity index (χ1) is 6.43. The molecule has 3 nitrogen and oxygen atoms in total. The highest BCUT2D eigenvalue weighted by atomic mass is 16.2. The fraction of sp³-hybridized carbons (Fsp3) is 0.909. The van der Waals surface area contributed by atoms with Gasteiger partial charge in [-0.15, -0.1) is 0 Å². The maximum atomic E-state index is 11.8. The van der Waals surface area contributed by atoms with E-state index in [1.165, 1.54) is 6.42 Å². The third kappa shape index (κ3) is 2.71. The van der Waals surface area contributed by atoms with Crippen molar-refractivity contribution in [1.29, 1.82) is 0 Å². The van der Waals surface area contributed by atoms with Crippen molar-refractivity contribution in [3.8, 4) is 0 Å². The molecule has 0 saturated heterocycles. The molecule has 0 bridgehead atoms. The lowest BCUT2D eigenvalue weighted by atomic mass is 10.0. The average Bonchev–Trinajstić information content (AvgIpc) is 2.78. The van der Waals surface area contributed by atoms with Crippen LogP contribution in [-0.2, 0) is 4.79 Å². The average molecular weight is 198 g/mol. The highest BCUT2D eigenvalue weighted by Crippen LogP contribution is 2.38. The van der Waals surface area contributed by atoms with Crippen LogP contribution < -0.4 is 5.73 Å². The Morgan fingerprint density at radius 3 is 2.43 bits per heavy atom. The molecule has 3 atom stereocenters. The second-order valence-corrected chi connectivity index (χ2v) is 4.96. The number of rotatable bonds is 4. The lowest BCUT2D eigenvalue weighted by molar-refractivity contribution is -0.132. The first kappa shape index (κ1) is 11.5. The van der Waals surface area contributed by atoms with E-state index >= 15 is 0 Å². The highest BCUT2D eigenvalue weighted by Gasteiger charge is 2.35. The molecule has 1 saturated carbocycles. The van der Waals surface area contributed by atoms with Gasteiger partial charge in [-0.1, -0.05) is 20.8 Å². The van der Waals surface area contributed by atoms with Crippen molar-refractivity contribution in [3.05, 3.63) is 0 Å². The fourth-order valence-corrected chi connectivity index (χ4v) is 1.63. The number of nitrogens with two attached hydrogens (primary N) is 1. The zero-order chi connectivity index (χ0) is 10.9. The van der Waals surface area contributed by atoms with Gasteiger partial charge < -0.3 is 10.6 Å². The van der Waals surface area contributed by atoms with Gasteiger partial charge in [0.25, 0.3) is 0 Å². The van der Waals surface area contributed by atoms with Crippen molar-refractivity contribution in [2.75, 3.05) is 13.6 Å². The third-order valence-corrected chi connectivity index (χ3v) is 3.16. The lowest BCUT2D eigenvalue weighted by Crippen LogP contribution is -2.45. The molecule has 3 unspecified atom stereocenters. The number of hydrogen-bond acceptors (Lipinski definition) is 2. The molecular weight excluding hydrogens is 176 g/mol. The monoisotopic (exact) mass is 198 g/mol. The largest absolute Gasteiger partial charge is 0.344 e. The van der Waals surface area contributed by atoms with E-state index in [1.807, 2.05) is 20.9 Å². The van der Waals surface area contributed by atoms with E-state index in [1.54, 1.807) is 4.90 Å². The Kier molecular flexibility index (Phi) is 3.53. The number of carbonyl (C=O) groups is 1. The van der Waals surface area contributed by atoms with Crippen LogP contribution in [0.15, 0.2) is 0 Å². The number of nitrogens with zero attached hydrogens (tertiary/aromatic N) is 1. The lowest BCUT2D eigenvalue weighted by Gasteiger charge is -2.23. The smallest absolute Gasteiger partial charge is 0.239 e. The summed E-state index contributed by atoms with van der Waals surface area (Å²) in [6.07, 6.45) is 1.26. The predicted octanol–water partition coefficient (Wildman–Crippen LogP) is 1.08. The van der Waals surface area contributed by atoms with Gasteiger partial charge in [-0.05, 0) is 24.2 Å². The molecule has 0 radical (unpaired) electrons. The van der Waals surface area contributed by atoms with Crippen LogP contribution >= 0.6 is 0 Å². The normalized spacial score (nSPS) is 27.6. The summed E-state index contributed by atoms with van der Waals surface area (Å²) >= 11 is 0. The van der Waals surface area contributed by atoms with Gasteiger partial charge in [0.2, 0.25) is 5.91 Å². The fourth-order valence-electron chi connectivity index (χ4n) is 1.63. The summed E-state index contributed by atoms with van der Waals surface area (Å²) in [4.78, 5) is 13.5. The topological polar surface area (TPSA) is 46.3 Å². The van der Waals surface area contributed by atoms with Crippen molar-refractivity contribution in [1.82, 2.24) is 4.90 Å². The second kappa shape index (κ2) is 4.30. The molecule has 0 aromatic carbocycles. The first-order valence-electron chi connectivity index (χ1n) is 5.44. The number of carbonyl (C=O) groups excluding carboxylic acids is 1. The van der Waals surface area contributed by atoms with E-state index in [0.717, 1.165) is 12.5 Å². The van der Waals surface area contributed by atoms with Crippen molar-refractivity contribution < 1.29 is 4.79 Å². The van der Waals surface area contributed by atoms with Crippen LogP contribution in [0.1, 0.15) is 27.2 Å². The minimum absolute atomic E-state index is 0.0825. The molecule has 0 aromatic rings. The van der Waals surface area contributed by atoms with Crippen LogP contribution in [0.4, 0.5) is 0 Å². The van der Waals surface area contributed by atoms with E-state index < -0.39 is 0 Å². The maximum absolute atomic E-state index is 11.8. The van der Waals surface area contributed by atoms with E-state index in [0.29, 0.717) is 5.92 Å². The zero-order valence-electron chi connectivity index (χ0n) is 9.66. The van der Waals surface area contributed by atoms with Crippen molar-refractivity contribution >= 4 is 5.91 Å². The van der Waals surface area contributed by atoms with Gasteiger partial charge >= 0.3 is 0 Å². The molecule has 0 spiro atoms. The molecule has 14 heavy (non-hydrogen) atoms. The van der Waals surface area contributed by atoms with Gasteiger partial charge in [-0.3, -0.25) is 4.79 Å². The third-order valence-electron chi connectivity index (χ3n) is 3.16. The van der Waals surface area contributed by atoms with Crippen LogP contribution in [0.3, 0.4) is 0 Å². The summed E-state index contributed by atoms with van der Waals surface area (Å²) < 4.78 is 0. The SMILES string of the molecule is CC(C)C(N)C(=O)N(C)CC1CC1C. The molecule has 1 fully saturated rings. The Morgan fingerprint density at radius 2 is 2.07 bits per heavy atom. The van der Waals surface area contributed by atoms with E-state index in [2.05, 4.69) is 6.92 Å². The molecule has 1 rings (SSSR count). The number of likely N-dealkylation sites (N-methyl/N-ethyl adjacent to an activating group) is 1. The number of hydrogen-bond donors (Lipinski definition) is 1. The molecule has 2 N–H and O–H groups in total. The maximum Gasteiger partial charge on any atom is 0.239 e. The molecule has 1 aliphatic carbocycles. The van der Waals surface area contributed by atoms with Gasteiger partial charge in [0.1, 0.15) is 0 Å². The van der Waals surface area contributed by atoms with Crippen molar-refractivity contribution in [2.24, 2.45) is 23.5 Å². The Bertz CT molecular complexity index is 215. The zero-order valence-corrected chi connectivity index (χ0v) is 9.66. The minimum atomic E-state index is -0.339. The Balaban J connectivity index is 2.36. The van der Waals surface area contributed by atoms with Crippen LogP contribution in [-0.4, -0.2) is 30.4 Å². The molecule has 82 valence electrons. The molecule has 1 amide bonds. The molecule has 0 heterocycles. The predicted molar refractivity (Wildman–Crippen MR) is 57.7 cm³/mol. The summed E-state index contributed by atoms with van der Waals surface area (Å²) in [5, 5.41) is 0. The minimum Gasteiger partial charge on any atom is -0.344 e. The molecule has 1 aliphatic rings. The molecule has 0 aliphatic heterocycles. The Labute approximate surface area is 86.6 Å². The Hall–Kier alpha value is -0.570. The summed E-state index contributed by atoms with van der Waals surface area (Å²) in [5.41, 5.74) is 5.80. The van der Waals surface area contributed by atoms with Crippen molar-refractivity contribution in [2.45, 2.75) is 33.2 Å². The van der Waals surface area contributed by atoms with Crippen molar-refractivity contribution in [3.63, 3.8) is 0 Å². The second-order valence-electron chi connectivity index (χ2n) is 4.96. The number of amides is 1. The molecule has 3 heteroatoms.